The van der Waals surface area contributed by atoms with Crippen LogP contribution in [0.5, 0.6) is 11.5 Å². The average Bonchev–Trinajstić information content (AvgIpc) is 2.63. The number of hydrogen-bond acceptors (Lipinski definition) is 4. The predicted molar refractivity (Wildman–Crippen MR) is 109 cm³/mol. The van der Waals surface area contributed by atoms with Gasteiger partial charge in [0.05, 0.1) is 7.11 Å². The summed E-state index contributed by atoms with van der Waals surface area (Å²) in [5.41, 5.74) is 2.03. The number of aromatic hydroxyl groups is 1. The van der Waals surface area contributed by atoms with E-state index in [0.29, 0.717) is 35.8 Å². The molecule has 1 N–H and O–H groups in total. The molecule has 0 radical (unpaired) electrons. The van der Waals surface area contributed by atoms with Crippen molar-refractivity contribution in [3.63, 3.8) is 0 Å². The number of carbonyl (C=O) groups excluding carboxylic acids is 1. The van der Waals surface area contributed by atoms with Gasteiger partial charge in [-0.2, -0.15) is 0 Å². The number of Topliss-reactive ketones (excluding diaryl/α,β-unsaturated/α-hetero) is 1. The van der Waals surface area contributed by atoms with Gasteiger partial charge in [0.25, 0.3) is 0 Å². The summed E-state index contributed by atoms with van der Waals surface area (Å²) in [5, 5.41) is 11.1. The van der Waals surface area contributed by atoms with Gasteiger partial charge in [0.15, 0.2) is 11.5 Å². The van der Waals surface area contributed by atoms with E-state index in [1.54, 1.807) is 7.11 Å². The first-order chi connectivity index (χ1) is 13.5. The summed E-state index contributed by atoms with van der Waals surface area (Å²) in [6.07, 6.45) is 6.66. The average molecular weight is 384 g/mol. The third-order valence-electron chi connectivity index (χ3n) is 8.81. The number of ether oxygens (including phenoxy) is 1. The summed E-state index contributed by atoms with van der Waals surface area (Å²) in [6, 6.07) is 4.52. The minimum atomic E-state index is -0.226. The molecule has 1 aliphatic heterocycles. The summed E-state index contributed by atoms with van der Waals surface area (Å²) in [6.45, 7) is 6.65. The third-order valence-corrected chi connectivity index (χ3v) is 8.81. The Labute approximate surface area is 168 Å². The van der Waals surface area contributed by atoms with Gasteiger partial charge in [-0.1, -0.05) is 26.3 Å². The van der Waals surface area contributed by atoms with E-state index in [1.807, 2.05) is 6.07 Å². The Kier molecular flexibility index (Phi) is 4.28. The number of nitrogens with zero attached hydrogens (tertiary/aromatic N) is 1. The molecule has 4 heteroatoms. The van der Waals surface area contributed by atoms with Crippen LogP contribution in [0.15, 0.2) is 12.1 Å². The number of methoxy groups -OCH3 is 1. The molecule has 1 heterocycles. The molecule has 3 aliphatic carbocycles. The standard InChI is InChI=1S/C24H33NO3/c1-14-15(2)21-18-11-17-7-8-20(28-3)23(27)22(17)24(21,12-19(14)26)9-10-25(18)13-16-5-4-6-16/h7-8,14-16,18,21,27H,4-6,9-13H2,1-3H3/t14-,15-,18?,21?,24?/m0/s1. The number of phenolic OH excluding ortho intramolecular Hbond substituents is 1. The minimum Gasteiger partial charge on any atom is -0.504 e. The summed E-state index contributed by atoms with van der Waals surface area (Å²) >= 11 is 0. The summed E-state index contributed by atoms with van der Waals surface area (Å²) < 4.78 is 5.45. The largest absolute Gasteiger partial charge is 0.504 e. The van der Waals surface area contributed by atoms with Gasteiger partial charge in [0, 0.05) is 35.9 Å². The topological polar surface area (TPSA) is 49.8 Å². The Morgan fingerprint density at radius 2 is 2.07 bits per heavy atom. The third kappa shape index (κ3) is 2.43. The molecule has 2 bridgehead atoms. The molecule has 3 fully saturated rings. The maximum atomic E-state index is 13.0. The number of rotatable bonds is 3. The molecule has 0 amide bonds. The van der Waals surface area contributed by atoms with Gasteiger partial charge in [-0.3, -0.25) is 9.69 Å². The van der Waals surface area contributed by atoms with Gasteiger partial charge in [-0.05, 0) is 61.6 Å². The van der Waals surface area contributed by atoms with Crippen LogP contribution < -0.4 is 4.74 Å². The Morgan fingerprint density at radius 1 is 1.29 bits per heavy atom. The SMILES string of the molecule is COc1ccc2c(c1O)C13CCN(CC4CCC4)C(C2)C1[C@@H](C)[C@H](C)C(=O)C3. The molecule has 5 atom stereocenters. The fraction of sp³-hybridized carbons (Fsp3) is 0.708. The molecule has 1 aromatic carbocycles. The molecule has 2 saturated carbocycles. The van der Waals surface area contributed by atoms with E-state index < -0.39 is 0 Å². The van der Waals surface area contributed by atoms with Crippen molar-refractivity contribution < 1.29 is 14.6 Å². The summed E-state index contributed by atoms with van der Waals surface area (Å²) in [4.78, 5) is 15.8. The Morgan fingerprint density at radius 3 is 2.75 bits per heavy atom. The molecular weight excluding hydrogens is 350 g/mol. The Bertz CT molecular complexity index is 801. The van der Waals surface area contributed by atoms with E-state index in [-0.39, 0.29) is 17.1 Å². The number of benzene rings is 1. The lowest BCUT2D eigenvalue weighted by Gasteiger charge is -2.62. The number of piperidine rings is 1. The zero-order chi connectivity index (χ0) is 19.6. The fourth-order valence-corrected chi connectivity index (χ4v) is 7.01. The summed E-state index contributed by atoms with van der Waals surface area (Å²) in [5.74, 6) is 2.93. The molecule has 3 unspecified atom stereocenters. The molecule has 1 saturated heterocycles. The highest BCUT2D eigenvalue weighted by molar-refractivity contribution is 5.84. The highest BCUT2D eigenvalue weighted by Gasteiger charge is 2.60. The van der Waals surface area contributed by atoms with Crippen molar-refractivity contribution in [3.05, 3.63) is 23.3 Å². The van der Waals surface area contributed by atoms with Crippen LogP contribution in [0.4, 0.5) is 0 Å². The first-order valence-electron chi connectivity index (χ1n) is 11.1. The lowest BCUT2D eigenvalue weighted by Crippen LogP contribution is -2.65. The van der Waals surface area contributed by atoms with Crippen molar-refractivity contribution in [3.8, 4) is 11.5 Å². The molecule has 5 rings (SSSR count). The summed E-state index contributed by atoms with van der Waals surface area (Å²) in [7, 11) is 1.61. The number of ketones is 1. The molecular formula is C24H33NO3. The van der Waals surface area contributed by atoms with E-state index in [0.717, 1.165) is 30.9 Å². The normalized spacial score (nSPS) is 37.8. The van der Waals surface area contributed by atoms with E-state index in [2.05, 4.69) is 24.8 Å². The van der Waals surface area contributed by atoms with Crippen molar-refractivity contribution in [1.29, 1.82) is 0 Å². The van der Waals surface area contributed by atoms with Crippen molar-refractivity contribution in [1.82, 2.24) is 4.90 Å². The predicted octanol–water partition coefficient (Wildman–Crippen LogP) is 3.93. The fourth-order valence-electron chi connectivity index (χ4n) is 7.01. The molecule has 152 valence electrons. The highest BCUT2D eigenvalue weighted by Crippen LogP contribution is 2.61. The van der Waals surface area contributed by atoms with Gasteiger partial charge >= 0.3 is 0 Å². The van der Waals surface area contributed by atoms with Crippen LogP contribution >= 0.6 is 0 Å². The molecule has 4 aliphatic rings. The van der Waals surface area contributed by atoms with E-state index >= 15 is 0 Å². The molecule has 4 nitrogen and oxygen atoms in total. The van der Waals surface area contributed by atoms with E-state index in [4.69, 9.17) is 4.74 Å². The van der Waals surface area contributed by atoms with Crippen molar-refractivity contribution in [2.45, 2.75) is 63.8 Å². The lowest BCUT2D eigenvalue weighted by atomic mass is 9.47. The maximum absolute atomic E-state index is 13.0. The first kappa shape index (κ1) is 18.5. The van der Waals surface area contributed by atoms with Crippen LogP contribution in [0.3, 0.4) is 0 Å². The number of fused-ring (bicyclic) bond motifs is 1. The van der Waals surface area contributed by atoms with Gasteiger partial charge in [0.1, 0.15) is 5.78 Å². The number of hydrogen-bond donors (Lipinski definition) is 1. The Balaban J connectivity index is 1.63. The van der Waals surface area contributed by atoms with Crippen LogP contribution in [-0.4, -0.2) is 42.0 Å². The van der Waals surface area contributed by atoms with Crippen LogP contribution in [0.25, 0.3) is 0 Å². The zero-order valence-corrected chi connectivity index (χ0v) is 17.4. The van der Waals surface area contributed by atoms with E-state index in [1.165, 1.54) is 31.4 Å². The monoisotopic (exact) mass is 383 g/mol. The van der Waals surface area contributed by atoms with Gasteiger partial charge in [0.2, 0.25) is 0 Å². The molecule has 28 heavy (non-hydrogen) atoms. The van der Waals surface area contributed by atoms with Crippen molar-refractivity contribution >= 4 is 5.78 Å². The maximum Gasteiger partial charge on any atom is 0.161 e. The van der Waals surface area contributed by atoms with Gasteiger partial charge in [-0.25, -0.2) is 0 Å². The molecule has 1 aromatic rings. The second kappa shape index (κ2) is 6.48. The number of likely N-dealkylation sites (tertiary alicyclic amines) is 1. The number of phenols is 1. The molecule has 0 spiro atoms. The number of carbonyl (C=O) groups is 1. The second-order valence-corrected chi connectivity index (χ2v) is 9.94. The second-order valence-electron chi connectivity index (χ2n) is 9.94. The zero-order valence-electron chi connectivity index (χ0n) is 17.4. The van der Waals surface area contributed by atoms with Crippen molar-refractivity contribution in [2.24, 2.45) is 23.7 Å². The van der Waals surface area contributed by atoms with Gasteiger partial charge in [-0.15, -0.1) is 0 Å². The van der Waals surface area contributed by atoms with Crippen LogP contribution in [0.1, 0.15) is 57.1 Å². The smallest absolute Gasteiger partial charge is 0.161 e. The van der Waals surface area contributed by atoms with Crippen LogP contribution in [0, 0.1) is 23.7 Å². The van der Waals surface area contributed by atoms with Crippen LogP contribution in [-0.2, 0) is 16.6 Å². The molecule has 0 aromatic heterocycles. The Hall–Kier alpha value is -1.55. The quantitative estimate of drug-likeness (QED) is 0.859. The minimum absolute atomic E-state index is 0.110. The lowest BCUT2D eigenvalue weighted by molar-refractivity contribution is -0.138. The van der Waals surface area contributed by atoms with E-state index in [9.17, 15) is 9.90 Å². The van der Waals surface area contributed by atoms with Crippen LogP contribution in [0.2, 0.25) is 0 Å². The first-order valence-corrected chi connectivity index (χ1v) is 11.1. The highest BCUT2D eigenvalue weighted by atomic mass is 16.5. The van der Waals surface area contributed by atoms with Crippen molar-refractivity contribution in [2.75, 3.05) is 20.2 Å². The van der Waals surface area contributed by atoms with Gasteiger partial charge < -0.3 is 9.84 Å².